The molecule has 0 saturated heterocycles. The Balaban J connectivity index is 1.50. The van der Waals surface area contributed by atoms with Gasteiger partial charge in [0.25, 0.3) is 11.8 Å². The standard InChI is InChI=1S/C23H31N7O2/c1-13(2)10-25-21-29-28-20(32-21)14-9-16-18(15(19(24)31)11-26-30(16)12-14)27-17-5-6-23(7-8-23)22(17,3)4/h9,11-13,17,27H,5-8,10H2,1-4H3,(H2,24,31)(H,25,29)/t17-/m1/s1. The van der Waals surface area contributed by atoms with Crippen LogP contribution in [0.1, 0.15) is 63.7 Å². The average molecular weight is 438 g/mol. The predicted molar refractivity (Wildman–Crippen MR) is 122 cm³/mol. The van der Waals surface area contributed by atoms with Gasteiger partial charge in [0.05, 0.1) is 28.5 Å². The van der Waals surface area contributed by atoms with Crippen LogP contribution in [0, 0.1) is 16.7 Å². The molecule has 170 valence electrons. The van der Waals surface area contributed by atoms with Crippen LogP contribution in [-0.2, 0) is 0 Å². The number of nitrogens with zero attached hydrogens (tertiary/aromatic N) is 4. The van der Waals surface area contributed by atoms with Gasteiger partial charge >= 0.3 is 6.01 Å². The van der Waals surface area contributed by atoms with Gasteiger partial charge in [0.1, 0.15) is 0 Å². The summed E-state index contributed by atoms with van der Waals surface area (Å²) in [7, 11) is 0. The van der Waals surface area contributed by atoms with E-state index in [2.05, 4.69) is 53.6 Å². The summed E-state index contributed by atoms with van der Waals surface area (Å²) in [4.78, 5) is 12.2. The molecular weight excluding hydrogens is 406 g/mol. The van der Waals surface area contributed by atoms with Crippen LogP contribution in [0.4, 0.5) is 11.7 Å². The van der Waals surface area contributed by atoms with E-state index >= 15 is 0 Å². The van der Waals surface area contributed by atoms with Gasteiger partial charge in [-0.15, -0.1) is 5.10 Å². The Morgan fingerprint density at radius 1 is 1.31 bits per heavy atom. The molecule has 0 bridgehead atoms. The SMILES string of the molecule is CC(C)CNc1nnc(-c2cc3c(N[C@@H]4CCC5(CC5)C4(C)C)c(C(N)=O)cnn3c2)o1. The van der Waals surface area contributed by atoms with Gasteiger partial charge in [0.2, 0.25) is 0 Å². The molecule has 0 radical (unpaired) electrons. The van der Waals surface area contributed by atoms with Crippen LogP contribution in [0.5, 0.6) is 0 Å². The Labute approximate surface area is 187 Å². The molecule has 2 aliphatic carbocycles. The van der Waals surface area contributed by atoms with E-state index in [1.54, 1.807) is 4.52 Å². The van der Waals surface area contributed by atoms with E-state index < -0.39 is 5.91 Å². The van der Waals surface area contributed by atoms with Crippen molar-refractivity contribution in [1.29, 1.82) is 0 Å². The van der Waals surface area contributed by atoms with Crippen molar-refractivity contribution in [2.45, 2.75) is 59.4 Å². The lowest BCUT2D eigenvalue weighted by atomic mass is 9.76. The maximum atomic E-state index is 12.2. The molecule has 2 aliphatic rings. The molecule has 0 unspecified atom stereocenters. The fourth-order valence-electron chi connectivity index (χ4n) is 5.16. The zero-order valence-electron chi connectivity index (χ0n) is 19.1. The fourth-order valence-corrected chi connectivity index (χ4v) is 5.16. The maximum Gasteiger partial charge on any atom is 0.315 e. The summed E-state index contributed by atoms with van der Waals surface area (Å²) in [5.74, 6) is 0.355. The Morgan fingerprint density at radius 3 is 2.75 bits per heavy atom. The van der Waals surface area contributed by atoms with Gasteiger partial charge in [-0.05, 0) is 48.5 Å². The van der Waals surface area contributed by atoms with Gasteiger partial charge < -0.3 is 20.8 Å². The Morgan fingerprint density at radius 2 is 2.09 bits per heavy atom. The van der Waals surface area contributed by atoms with Crippen molar-refractivity contribution in [3.05, 3.63) is 24.0 Å². The van der Waals surface area contributed by atoms with Crippen molar-refractivity contribution in [3.8, 4) is 11.5 Å². The molecule has 0 aliphatic heterocycles. The van der Waals surface area contributed by atoms with Gasteiger partial charge in [-0.1, -0.05) is 32.8 Å². The van der Waals surface area contributed by atoms with E-state index in [1.807, 2.05) is 12.3 Å². The summed E-state index contributed by atoms with van der Waals surface area (Å²) >= 11 is 0. The van der Waals surface area contributed by atoms with Crippen LogP contribution in [0.15, 0.2) is 22.9 Å². The number of hydrogen-bond acceptors (Lipinski definition) is 7. The van der Waals surface area contributed by atoms with Crippen LogP contribution in [0.3, 0.4) is 0 Å². The summed E-state index contributed by atoms with van der Waals surface area (Å²) in [6.45, 7) is 9.63. The van der Waals surface area contributed by atoms with Crippen molar-refractivity contribution in [2.75, 3.05) is 17.2 Å². The van der Waals surface area contributed by atoms with Crippen molar-refractivity contribution in [3.63, 3.8) is 0 Å². The smallest absolute Gasteiger partial charge is 0.315 e. The summed E-state index contributed by atoms with van der Waals surface area (Å²) in [5.41, 5.74) is 8.88. The fraction of sp³-hybridized carbons (Fsp3) is 0.565. The first-order chi connectivity index (χ1) is 15.2. The number of anilines is 2. The number of nitrogens with two attached hydrogens (primary N) is 1. The third-order valence-corrected chi connectivity index (χ3v) is 7.56. The lowest BCUT2D eigenvalue weighted by Crippen LogP contribution is -2.36. The Kier molecular flexibility index (Phi) is 4.69. The minimum Gasteiger partial charge on any atom is -0.403 e. The number of carbonyl (C=O) groups is 1. The summed E-state index contributed by atoms with van der Waals surface area (Å²) in [5, 5.41) is 19.5. The van der Waals surface area contributed by atoms with E-state index in [0.29, 0.717) is 34.5 Å². The topological polar surface area (TPSA) is 123 Å². The average Bonchev–Trinajstić information content (AvgIpc) is 3.09. The van der Waals surface area contributed by atoms with Gasteiger partial charge in [0, 0.05) is 18.8 Å². The first kappa shape index (κ1) is 20.8. The highest BCUT2D eigenvalue weighted by atomic mass is 16.4. The molecule has 4 N–H and O–H groups in total. The third-order valence-electron chi connectivity index (χ3n) is 7.56. The van der Waals surface area contributed by atoms with Gasteiger partial charge in [-0.25, -0.2) is 4.52 Å². The molecule has 3 heterocycles. The largest absolute Gasteiger partial charge is 0.403 e. The molecule has 32 heavy (non-hydrogen) atoms. The minimum atomic E-state index is -0.500. The number of amides is 1. The predicted octanol–water partition coefficient (Wildman–Crippen LogP) is 3.93. The lowest BCUT2D eigenvalue weighted by molar-refractivity contribution is 0.100. The highest BCUT2D eigenvalue weighted by molar-refractivity contribution is 6.02. The monoisotopic (exact) mass is 437 g/mol. The molecule has 9 heteroatoms. The van der Waals surface area contributed by atoms with E-state index in [0.717, 1.165) is 24.0 Å². The molecule has 2 saturated carbocycles. The van der Waals surface area contributed by atoms with Crippen molar-refractivity contribution >= 4 is 23.1 Å². The van der Waals surface area contributed by atoms with Crippen LogP contribution in [-0.4, -0.2) is 38.3 Å². The maximum absolute atomic E-state index is 12.2. The third kappa shape index (κ3) is 3.30. The first-order valence-electron chi connectivity index (χ1n) is 11.4. The quantitative estimate of drug-likeness (QED) is 0.511. The highest BCUT2D eigenvalue weighted by Crippen LogP contribution is 2.67. The Bertz CT molecular complexity index is 1170. The number of nitrogens with one attached hydrogen (secondary N) is 2. The molecular formula is C23H31N7O2. The second-order valence-corrected chi connectivity index (χ2v) is 10.3. The summed E-state index contributed by atoms with van der Waals surface area (Å²) in [6.07, 6.45) is 8.21. The lowest BCUT2D eigenvalue weighted by Gasteiger charge is -2.35. The van der Waals surface area contributed by atoms with E-state index in [4.69, 9.17) is 10.2 Å². The molecule has 1 amide bonds. The van der Waals surface area contributed by atoms with Crippen LogP contribution in [0.25, 0.3) is 17.0 Å². The second kappa shape index (κ2) is 7.21. The molecule has 5 rings (SSSR count). The highest BCUT2D eigenvalue weighted by Gasteiger charge is 2.61. The number of fused-ring (bicyclic) bond motifs is 1. The molecule has 9 nitrogen and oxygen atoms in total. The van der Waals surface area contributed by atoms with Crippen LogP contribution >= 0.6 is 0 Å². The number of carbonyl (C=O) groups excluding carboxylic acids is 1. The zero-order chi connectivity index (χ0) is 22.7. The normalized spacial score (nSPS) is 20.8. The van der Waals surface area contributed by atoms with E-state index in [-0.39, 0.29) is 11.5 Å². The first-order valence-corrected chi connectivity index (χ1v) is 11.4. The van der Waals surface area contributed by atoms with Crippen molar-refractivity contribution in [1.82, 2.24) is 19.8 Å². The molecule has 3 aromatic heterocycles. The van der Waals surface area contributed by atoms with Crippen LogP contribution < -0.4 is 16.4 Å². The zero-order valence-corrected chi connectivity index (χ0v) is 19.1. The summed E-state index contributed by atoms with van der Waals surface area (Å²) < 4.78 is 7.51. The Hall–Kier alpha value is -3.10. The molecule has 0 aromatic carbocycles. The second-order valence-electron chi connectivity index (χ2n) is 10.3. The molecule has 1 spiro atoms. The van der Waals surface area contributed by atoms with Gasteiger partial charge in [-0.3, -0.25) is 4.79 Å². The number of hydrogen-bond donors (Lipinski definition) is 3. The van der Waals surface area contributed by atoms with Gasteiger partial charge in [0.15, 0.2) is 0 Å². The van der Waals surface area contributed by atoms with Crippen molar-refractivity contribution < 1.29 is 9.21 Å². The minimum absolute atomic E-state index is 0.140. The summed E-state index contributed by atoms with van der Waals surface area (Å²) in [6, 6.07) is 2.55. The van der Waals surface area contributed by atoms with Gasteiger partial charge in [-0.2, -0.15) is 5.10 Å². The molecule has 1 atom stereocenters. The van der Waals surface area contributed by atoms with E-state index in [1.165, 1.54) is 25.5 Å². The number of rotatable bonds is 7. The molecule has 2 fully saturated rings. The van der Waals surface area contributed by atoms with E-state index in [9.17, 15) is 4.79 Å². The number of aromatic nitrogens is 4. The molecule has 3 aromatic rings. The van der Waals surface area contributed by atoms with Crippen LogP contribution in [0.2, 0.25) is 0 Å². The number of primary amides is 1. The van der Waals surface area contributed by atoms with Crippen molar-refractivity contribution in [2.24, 2.45) is 22.5 Å².